The van der Waals surface area contributed by atoms with Gasteiger partial charge in [0.05, 0.1) is 0 Å². The topological polar surface area (TPSA) is 58.4 Å². The average molecular weight is 169 g/mol. The molecule has 3 N–H and O–H groups in total. The van der Waals surface area contributed by atoms with Crippen LogP contribution < -0.4 is 11.1 Å². The summed E-state index contributed by atoms with van der Waals surface area (Å²) >= 11 is 0. The third-order valence-electron chi connectivity index (χ3n) is 3.11. The fraction of sp³-hybridized carbons (Fsp3) is 0.875. The van der Waals surface area contributed by atoms with Crippen molar-refractivity contribution in [3.63, 3.8) is 0 Å². The van der Waals surface area contributed by atoms with E-state index in [9.17, 15) is 4.79 Å². The average Bonchev–Trinajstić information content (AvgIpc) is 2.60. The van der Waals surface area contributed by atoms with Crippen molar-refractivity contribution in [2.75, 3.05) is 26.2 Å². The van der Waals surface area contributed by atoms with Gasteiger partial charge < -0.3 is 16.0 Å². The van der Waals surface area contributed by atoms with E-state index < -0.39 is 6.03 Å². The van der Waals surface area contributed by atoms with Gasteiger partial charge in [-0.15, -0.1) is 0 Å². The number of piperidine rings is 1. The van der Waals surface area contributed by atoms with Gasteiger partial charge in [0.25, 0.3) is 0 Å². The maximum atomic E-state index is 10.5. The molecule has 0 aliphatic carbocycles. The maximum absolute atomic E-state index is 10.5. The highest BCUT2D eigenvalue weighted by Gasteiger charge is 2.43. The predicted molar refractivity (Wildman–Crippen MR) is 45.7 cm³/mol. The van der Waals surface area contributed by atoms with Crippen LogP contribution in [0.15, 0.2) is 0 Å². The number of carbonyl (C=O) groups is 1. The molecule has 2 aliphatic rings. The molecule has 2 heterocycles. The fourth-order valence-corrected chi connectivity index (χ4v) is 2.33. The predicted octanol–water partition coefficient (Wildman–Crippen LogP) is -0.250. The number of rotatable bonds is 2. The highest BCUT2D eigenvalue weighted by Crippen LogP contribution is 2.39. The molecule has 0 aromatic carbocycles. The van der Waals surface area contributed by atoms with Crippen molar-refractivity contribution >= 4 is 6.03 Å². The van der Waals surface area contributed by atoms with Crippen molar-refractivity contribution in [1.82, 2.24) is 10.2 Å². The summed E-state index contributed by atoms with van der Waals surface area (Å²) in [5, 5.41) is 2.72. The van der Waals surface area contributed by atoms with Gasteiger partial charge in [0, 0.05) is 18.5 Å². The number of amides is 2. The standard InChI is InChI=1S/C8H15N3O/c9-7(12)10-5-8-1-3-11(6-8)4-2-8/h1-6H2,(H3,9,10,12). The molecule has 2 rings (SSSR count). The Balaban J connectivity index is 1.90. The number of carbonyl (C=O) groups excluding carboxylic acids is 1. The van der Waals surface area contributed by atoms with E-state index >= 15 is 0 Å². The first-order valence-electron chi connectivity index (χ1n) is 4.46. The monoisotopic (exact) mass is 169 g/mol. The smallest absolute Gasteiger partial charge is 0.312 e. The Labute approximate surface area is 72.1 Å². The van der Waals surface area contributed by atoms with E-state index in [0.717, 1.165) is 13.1 Å². The van der Waals surface area contributed by atoms with Crippen molar-refractivity contribution in [3.8, 4) is 0 Å². The van der Waals surface area contributed by atoms with Crippen LogP contribution in [0.2, 0.25) is 0 Å². The van der Waals surface area contributed by atoms with Crippen LogP contribution in [0.25, 0.3) is 0 Å². The molecule has 2 bridgehead atoms. The lowest BCUT2D eigenvalue weighted by Gasteiger charge is -2.24. The molecule has 2 saturated heterocycles. The van der Waals surface area contributed by atoms with Crippen molar-refractivity contribution < 1.29 is 4.79 Å². The van der Waals surface area contributed by atoms with Crippen LogP contribution in [0.3, 0.4) is 0 Å². The normalized spacial score (nSPS) is 38.5. The first-order valence-corrected chi connectivity index (χ1v) is 4.46. The second-order valence-electron chi connectivity index (χ2n) is 3.99. The summed E-state index contributed by atoms with van der Waals surface area (Å²) in [5.41, 5.74) is 5.39. The zero-order valence-electron chi connectivity index (χ0n) is 7.18. The summed E-state index contributed by atoms with van der Waals surface area (Å²) in [7, 11) is 0. The number of hydrogen-bond acceptors (Lipinski definition) is 2. The SMILES string of the molecule is NC(=O)NCC12CCN(CC1)C2. The second-order valence-corrected chi connectivity index (χ2v) is 3.99. The summed E-state index contributed by atoms with van der Waals surface area (Å²) in [6.45, 7) is 4.30. The van der Waals surface area contributed by atoms with Crippen LogP contribution in [0.4, 0.5) is 4.79 Å². The molecule has 0 aromatic heterocycles. The van der Waals surface area contributed by atoms with Crippen LogP contribution >= 0.6 is 0 Å². The molecule has 2 aliphatic heterocycles. The Morgan fingerprint density at radius 3 is 2.58 bits per heavy atom. The van der Waals surface area contributed by atoms with Gasteiger partial charge >= 0.3 is 6.03 Å². The lowest BCUT2D eigenvalue weighted by Crippen LogP contribution is -2.39. The minimum atomic E-state index is -0.394. The summed E-state index contributed by atoms with van der Waals surface area (Å²) < 4.78 is 0. The highest BCUT2D eigenvalue weighted by atomic mass is 16.2. The Morgan fingerprint density at radius 2 is 2.17 bits per heavy atom. The van der Waals surface area contributed by atoms with Gasteiger partial charge in [-0.3, -0.25) is 0 Å². The molecule has 4 nitrogen and oxygen atoms in total. The number of nitrogens with two attached hydrogens (primary N) is 1. The molecule has 12 heavy (non-hydrogen) atoms. The summed E-state index contributed by atoms with van der Waals surface area (Å²) in [6, 6.07) is -0.394. The van der Waals surface area contributed by atoms with Gasteiger partial charge in [0.2, 0.25) is 0 Å². The van der Waals surface area contributed by atoms with E-state index in [2.05, 4.69) is 10.2 Å². The van der Waals surface area contributed by atoms with Gasteiger partial charge in [-0.2, -0.15) is 0 Å². The van der Waals surface area contributed by atoms with Crippen LogP contribution in [0, 0.1) is 5.41 Å². The number of primary amides is 1. The van der Waals surface area contributed by atoms with Crippen molar-refractivity contribution in [2.45, 2.75) is 12.8 Å². The zero-order chi connectivity index (χ0) is 8.60. The summed E-state index contributed by atoms with van der Waals surface area (Å²) in [5.74, 6) is 0. The van der Waals surface area contributed by atoms with Crippen molar-refractivity contribution in [3.05, 3.63) is 0 Å². The van der Waals surface area contributed by atoms with Crippen molar-refractivity contribution in [1.29, 1.82) is 0 Å². The van der Waals surface area contributed by atoms with Crippen LogP contribution in [0.5, 0.6) is 0 Å². The molecule has 0 atom stereocenters. The number of urea groups is 1. The molecule has 0 spiro atoms. The van der Waals surface area contributed by atoms with E-state index in [-0.39, 0.29) is 0 Å². The molecule has 0 saturated carbocycles. The minimum absolute atomic E-state index is 0.356. The van der Waals surface area contributed by atoms with E-state index in [1.165, 1.54) is 25.9 Å². The van der Waals surface area contributed by atoms with Gasteiger partial charge in [0.15, 0.2) is 0 Å². The molecule has 68 valence electrons. The van der Waals surface area contributed by atoms with E-state index in [1.807, 2.05) is 0 Å². The number of hydrogen-bond donors (Lipinski definition) is 2. The second kappa shape index (κ2) is 2.62. The minimum Gasteiger partial charge on any atom is -0.352 e. The molecule has 0 unspecified atom stereocenters. The van der Waals surface area contributed by atoms with E-state index in [0.29, 0.717) is 5.41 Å². The fourth-order valence-electron chi connectivity index (χ4n) is 2.33. The molecule has 0 aromatic rings. The van der Waals surface area contributed by atoms with Gasteiger partial charge in [-0.05, 0) is 25.9 Å². The third kappa shape index (κ3) is 1.27. The number of nitrogens with zero attached hydrogens (tertiary/aromatic N) is 1. The molecular formula is C8H15N3O. The number of fused-ring (bicyclic) bond motifs is 2. The molecule has 0 radical (unpaired) electrons. The lowest BCUT2D eigenvalue weighted by molar-refractivity contribution is 0.239. The third-order valence-corrected chi connectivity index (χ3v) is 3.11. The van der Waals surface area contributed by atoms with Crippen LogP contribution in [0.1, 0.15) is 12.8 Å². The zero-order valence-corrected chi connectivity index (χ0v) is 7.18. The van der Waals surface area contributed by atoms with Crippen LogP contribution in [-0.4, -0.2) is 37.1 Å². The first kappa shape index (κ1) is 7.86. The molecular weight excluding hydrogens is 154 g/mol. The van der Waals surface area contributed by atoms with E-state index in [1.54, 1.807) is 0 Å². The van der Waals surface area contributed by atoms with Crippen LogP contribution in [-0.2, 0) is 0 Å². The lowest BCUT2D eigenvalue weighted by atomic mass is 9.85. The van der Waals surface area contributed by atoms with Crippen molar-refractivity contribution in [2.24, 2.45) is 11.1 Å². The summed E-state index contributed by atoms with van der Waals surface area (Å²) in [4.78, 5) is 13.0. The summed E-state index contributed by atoms with van der Waals surface area (Å²) in [6.07, 6.45) is 2.43. The first-order chi connectivity index (χ1) is 5.70. The van der Waals surface area contributed by atoms with Gasteiger partial charge in [-0.25, -0.2) is 4.79 Å². The quantitative estimate of drug-likeness (QED) is 0.599. The Bertz CT molecular complexity index is 196. The molecule has 2 fully saturated rings. The maximum Gasteiger partial charge on any atom is 0.312 e. The Kier molecular flexibility index (Phi) is 1.72. The Hall–Kier alpha value is -0.770. The molecule has 2 amide bonds. The van der Waals surface area contributed by atoms with Gasteiger partial charge in [0.1, 0.15) is 0 Å². The number of nitrogens with one attached hydrogen (secondary N) is 1. The Morgan fingerprint density at radius 1 is 1.50 bits per heavy atom. The molecule has 4 heteroatoms. The van der Waals surface area contributed by atoms with E-state index in [4.69, 9.17) is 5.73 Å². The highest BCUT2D eigenvalue weighted by molar-refractivity contribution is 5.71. The van der Waals surface area contributed by atoms with Gasteiger partial charge in [-0.1, -0.05) is 0 Å². The largest absolute Gasteiger partial charge is 0.352 e.